The van der Waals surface area contributed by atoms with Gasteiger partial charge in [0.1, 0.15) is 0 Å². The first-order valence-corrected chi connectivity index (χ1v) is 9.39. The van der Waals surface area contributed by atoms with Crippen molar-refractivity contribution < 1.29 is 0 Å². The fourth-order valence-electron chi connectivity index (χ4n) is 3.13. The van der Waals surface area contributed by atoms with Crippen molar-refractivity contribution in [2.75, 3.05) is 0 Å². The molecule has 0 N–H and O–H groups in total. The van der Waals surface area contributed by atoms with Crippen LogP contribution in [-0.2, 0) is 0 Å². The van der Waals surface area contributed by atoms with E-state index < -0.39 is 0 Å². The van der Waals surface area contributed by atoms with E-state index in [1.165, 1.54) is 38.9 Å². The summed E-state index contributed by atoms with van der Waals surface area (Å²) in [5.74, 6) is 0. The Hall–Kier alpha value is -3.12. The molecule has 0 atom stereocenters. The summed E-state index contributed by atoms with van der Waals surface area (Å²) >= 11 is 0. The average molecular weight is 351 g/mol. The molecule has 4 aromatic rings. The molecule has 0 aliphatic rings. The summed E-state index contributed by atoms with van der Waals surface area (Å²) in [5.41, 5.74) is 9.14. The Balaban J connectivity index is 0.000000253. The highest BCUT2D eigenvalue weighted by atomic mass is 14.1. The molecule has 0 heteroatoms. The van der Waals surface area contributed by atoms with Gasteiger partial charge >= 0.3 is 0 Å². The zero-order chi connectivity index (χ0) is 19.1. The topological polar surface area (TPSA) is 0 Å². The monoisotopic (exact) mass is 350 g/mol. The van der Waals surface area contributed by atoms with E-state index in [0.717, 1.165) is 0 Å². The molecule has 4 rings (SSSR count). The van der Waals surface area contributed by atoms with Crippen molar-refractivity contribution in [3.63, 3.8) is 0 Å². The van der Waals surface area contributed by atoms with Crippen molar-refractivity contribution in [2.24, 2.45) is 0 Å². The number of hydrogen-bond acceptors (Lipinski definition) is 0. The Morgan fingerprint density at radius 1 is 0.407 bits per heavy atom. The molecule has 0 nitrogen and oxygen atoms in total. The van der Waals surface area contributed by atoms with Crippen molar-refractivity contribution in [3.05, 3.63) is 120 Å². The van der Waals surface area contributed by atoms with Gasteiger partial charge in [-0.1, -0.05) is 103 Å². The van der Waals surface area contributed by atoms with Crippen molar-refractivity contribution in [1.29, 1.82) is 0 Å². The molecule has 0 saturated heterocycles. The highest BCUT2D eigenvalue weighted by molar-refractivity contribution is 5.77. The van der Waals surface area contributed by atoms with Gasteiger partial charge in [0.05, 0.1) is 0 Å². The van der Waals surface area contributed by atoms with E-state index in [1.807, 2.05) is 18.2 Å². The van der Waals surface area contributed by atoms with Crippen molar-refractivity contribution >= 4 is 0 Å². The molecule has 0 amide bonds. The lowest BCUT2D eigenvalue weighted by Gasteiger charge is -2.12. The van der Waals surface area contributed by atoms with Crippen LogP contribution >= 0.6 is 0 Å². The maximum atomic E-state index is 2.30. The lowest BCUT2D eigenvalue weighted by atomic mass is 9.93. The molecule has 0 saturated carbocycles. The molecule has 0 aliphatic carbocycles. The second kappa shape index (κ2) is 9.00. The lowest BCUT2D eigenvalue weighted by molar-refractivity contribution is 1.41. The minimum absolute atomic E-state index is 1.27. The largest absolute Gasteiger partial charge is 0.0622 e. The van der Waals surface area contributed by atoms with E-state index in [9.17, 15) is 0 Å². The number of aryl methyl sites for hydroxylation is 3. The fourth-order valence-corrected chi connectivity index (χ4v) is 3.13. The zero-order valence-electron chi connectivity index (χ0n) is 16.3. The Labute approximate surface area is 163 Å². The first-order chi connectivity index (χ1) is 13.1. The summed E-state index contributed by atoms with van der Waals surface area (Å²) in [7, 11) is 0. The van der Waals surface area contributed by atoms with Crippen LogP contribution in [0.15, 0.2) is 103 Å². The van der Waals surface area contributed by atoms with Gasteiger partial charge < -0.3 is 0 Å². The van der Waals surface area contributed by atoms with Gasteiger partial charge in [0.25, 0.3) is 0 Å². The van der Waals surface area contributed by atoms with Crippen LogP contribution in [0.5, 0.6) is 0 Å². The molecule has 0 unspecified atom stereocenters. The molecule has 0 aliphatic heterocycles. The predicted octanol–water partition coefficient (Wildman–Crippen LogP) is 7.63. The van der Waals surface area contributed by atoms with Crippen molar-refractivity contribution in [2.45, 2.75) is 20.8 Å². The molecule has 4 aromatic carbocycles. The maximum absolute atomic E-state index is 2.30. The van der Waals surface area contributed by atoms with Crippen LogP contribution in [0.4, 0.5) is 0 Å². The number of hydrogen-bond donors (Lipinski definition) is 0. The first-order valence-electron chi connectivity index (χ1n) is 9.39. The van der Waals surface area contributed by atoms with Crippen LogP contribution in [0.1, 0.15) is 16.7 Å². The van der Waals surface area contributed by atoms with Gasteiger partial charge in [0, 0.05) is 0 Å². The minimum Gasteiger partial charge on any atom is -0.0622 e. The van der Waals surface area contributed by atoms with E-state index in [1.54, 1.807) is 0 Å². The molecule has 0 fully saturated rings. The predicted molar refractivity (Wildman–Crippen MR) is 118 cm³/mol. The summed E-state index contributed by atoms with van der Waals surface area (Å²) in [6.45, 7) is 6.43. The maximum Gasteiger partial charge on any atom is -0.0146 e. The Morgan fingerprint density at radius 2 is 0.963 bits per heavy atom. The minimum atomic E-state index is 1.27. The first kappa shape index (κ1) is 18.7. The van der Waals surface area contributed by atoms with Crippen molar-refractivity contribution in [3.8, 4) is 22.3 Å². The zero-order valence-corrected chi connectivity index (χ0v) is 16.3. The summed E-state index contributed by atoms with van der Waals surface area (Å²) < 4.78 is 0. The van der Waals surface area contributed by atoms with Gasteiger partial charge in [0.2, 0.25) is 0 Å². The van der Waals surface area contributed by atoms with E-state index in [-0.39, 0.29) is 0 Å². The van der Waals surface area contributed by atoms with Crippen LogP contribution in [0.25, 0.3) is 22.3 Å². The van der Waals surface area contributed by atoms with E-state index in [0.29, 0.717) is 0 Å². The van der Waals surface area contributed by atoms with Gasteiger partial charge in [-0.25, -0.2) is 0 Å². The second-order valence-corrected chi connectivity index (χ2v) is 6.87. The molecule has 0 bridgehead atoms. The molecule has 0 radical (unpaired) electrons. The number of benzene rings is 4. The summed E-state index contributed by atoms with van der Waals surface area (Å²) in [6, 6.07) is 36.1. The Kier molecular flexibility index (Phi) is 6.22. The van der Waals surface area contributed by atoms with E-state index in [4.69, 9.17) is 0 Å². The van der Waals surface area contributed by atoms with Gasteiger partial charge in [-0.2, -0.15) is 0 Å². The standard InChI is InChI=1S/C20H18.C7H8/c1-15-8-6-7-11-19(15)20-14-18(13-12-16(20)2)17-9-4-3-5-10-17;1-7-5-3-2-4-6-7/h3-14H,1-2H3;2-6H,1H3. The third-order valence-electron chi connectivity index (χ3n) is 4.72. The van der Waals surface area contributed by atoms with Gasteiger partial charge in [-0.05, 0) is 60.2 Å². The second-order valence-electron chi connectivity index (χ2n) is 6.87. The highest BCUT2D eigenvalue weighted by Crippen LogP contribution is 2.31. The summed E-state index contributed by atoms with van der Waals surface area (Å²) in [6.07, 6.45) is 0. The van der Waals surface area contributed by atoms with E-state index in [2.05, 4.69) is 106 Å². The summed E-state index contributed by atoms with van der Waals surface area (Å²) in [4.78, 5) is 0. The molecule has 134 valence electrons. The SMILES string of the molecule is Cc1ccccc1.Cc1ccccc1-c1cc(-c2ccccc2)ccc1C. The molecule has 0 aromatic heterocycles. The van der Waals surface area contributed by atoms with Crippen LogP contribution in [0, 0.1) is 20.8 Å². The lowest BCUT2D eigenvalue weighted by Crippen LogP contribution is -1.88. The van der Waals surface area contributed by atoms with Crippen LogP contribution in [0.3, 0.4) is 0 Å². The number of rotatable bonds is 2. The van der Waals surface area contributed by atoms with Gasteiger partial charge in [-0.3, -0.25) is 0 Å². The summed E-state index contributed by atoms with van der Waals surface area (Å²) in [5, 5.41) is 0. The molecular weight excluding hydrogens is 324 g/mol. The molecular formula is C27H26. The third kappa shape index (κ3) is 4.95. The van der Waals surface area contributed by atoms with Gasteiger partial charge in [-0.15, -0.1) is 0 Å². The van der Waals surface area contributed by atoms with Crippen LogP contribution in [0.2, 0.25) is 0 Å². The highest BCUT2D eigenvalue weighted by Gasteiger charge is 2.06. The quantitative estimate of drug-likeness (QED) is 0.348. The van der Waals surface area contributed by atoms with E-state index >= 15 is 0 Å². The van der Waals surface area contributed by atoms with Crippen molar-refractivity contribution in [1.82, 2.24) is 0 Å². The van der Waals surface area contributed by atoms with Gasteiger partial charge in [0.15, 0.2) is 0 Å². The Bertz CT molecular complexity index is 983. The normalized spacial score (nSPS) is 10.0. The third-order valence-corrected chi connectivity index (χ3v) is 4.72. The molecule has 0 spiro atoms. The molecule has 27 heavy (non-hydrogen) atoms. The molecule has 0 heterocycles. The smallest absolute Gasteiger partial charge is 0.0146 e. The van der Waals surface area contributed by atoms with Crippen LogP contribution in [-0.4, -0.2) is 0 Å². The average Bonchev–Trinajstić information content (AvgIpc) is 2.71. The van der Waals surface area contributed by atoms with Crippen LogP contribution < -0.4 is 0 Å². The fraction of sp³-hybridized carbons (Fsp3) is 0.111. The Morgan fingerprint density at radius 3 is 1.56 bits per heavy atom.